The largest absolute Gasteiger partial charge is 0.418 e. The van der Waals surface area contributed by atoms with Crippen molar-refractivity contribution in [3.63, 3.8) is 0 Å². The molecule has 0 atom stereocenters. The van der Waals surface area contributed by atoms with Gasteiger partial charge in [-0.2, -0.15) is 0 Å². The summed E-state index contributed by atoms with van der Waals surface area (Å²) < 4.78 is 4.80. The monoisotopic (exact) mass is 213 g/mol. The maximum Gasteiger partial charge on any atom is 0.372 e. The number of carbonyl (C=O) groups excluding carboxylic acids is 1. The highest BCUT2D eigenvalue weighted by Gasteiger charge is 2.06. The van der Waals surface area contributed by atoms with Crippen LogP contribution in [0.3, 0.4) is 0 Å². The Morgan fingerprint density at radius 1 is 1.43 bits per heavy atom. The second-order valence-corrected chi connectivity index (χ2v) is 3.05. The van der Waals surface area contributed by atoms with E-state index in [0.29, 0.717) is 5.75 Å². The second-order valence-electron chi connectivity index (χ2n) is 2.31. The van der Waals surface area contributed by atoms with Gasteiger partial charge in [0.15, 0.2) is 0 Å². The van der Waals surface area contributed by atoms with Crippen molar-refractivity contribution >= 4 is 22.8 Å². The predicted octanol–water partition coefficient (Wildman–Crippen LogP) is 2.46. The molecule has 0 amide bonds. The topological polar surface area (TPSA) is 69.4 Å². The Labute approximate surface area is 84.2 Å². The molecule has 1 rings (SSSR count). The van der Waals surface area contributed by atoms with Crippen molar-refractivity contribution < 1.29 is 14.5 Å². The summed E-state index contributed by atoms with van der Waals surface area (Å²) in [6, 6.07) is 5.32. The van der Waals surface area contributed by atoms with E-state index in [4.69, 9.17) is 4.74 Å². The van der Waals surface area contributed by atoms with Crippen LogP contribution >= 0.6 is 11.8 Å². The van der Waals surface area contributed by atoms with E-state index in [1.807, 2.05) is 0 Å². The van der Waals surface area contributed by atoms with Crippen LogP contribution in [0.1, 0.15) is 0 Å². The number of carbonyl (C=O) groups is 1. The van der Waals surface area contributed by atoms with E-state index in [1.165, 1.54) is 24.3 Å². The number of nitro benzene ring substituents is 1. The van der Waals surface area contributed by atoms with Crippen LogP contribution in [0.4, 0.5) is 10.5 Å². The number of nitrogens with zero attached hydrogens (tertiary/aromatic N) is 1. The van der Waals surface area contributed by atoms with Crippen molar-refractivity contribution in [3.05, 3.63) is 34.4 Å². The van der Waals surface area contributed by atoms with E-state index in [-0.39, 0.29) is 5.69 Å². The first kappa shape index (κ1) is 10.5. The van der Waals surface area contributed by atoms with Crippen LogP contribution < -0.4 is 4.74 Å². The Kier molecular flexibility index (Phi) is 3.47. The fourth-order valence-corrected chi connectivity index (χ4v) is 0.953. The molecule has 1 aromatic carbocycles. The van der Waals surface area contributed by atoms with E-state index in [0.717, 1.165) is 11.8 Å². The van der Waals surface area contributed by atoms with E-state index >= 15 is 0 Å². The molecule has 0 unspecified atom stereocenters. The highest BCUT2D eigenvalue weighted by atomic mass is 32.2. The van der Waals surface area contributed by atoms with Crippen LogP contribution in [-0.4, -0.2) is 16.5 Å². The minimum Gasteiger partial charge on any atom is -0.418 e. The summed E-state index contributed by atoms with van der Waals surface area (Å²) in [5, 5.41) is 9.84. The summed E-state index contributed by atoms with van der Waals surface area (Å²) >= 11 is 0.935. The molecule has 0 bridgehead atoms. The van der Waals surface area contributed by atoms with E-state index in [9.17, 15) is 14.9 Å². The highest BCUT2D eigenvalue weighted by molar-refractivity contribution is 8.12. The zero-order valence-electron chi connectivity index (χ0n) is 7.30. The Hall–Kier alpha value is -1.56. The Bertz CT molecular complexity index is 349. The number of nitro groups is 1. The third-order valence-electron chi connectivity index (χ3n) is 1.42. The highest BCUT2D eigenvalue weighted by Crippen LogP contribution is 2.18. The number of thioether (sulfide) groups is 1. The van der Waals surface area contributed by atoms with Crippen molar-refractivity contribution in [3.8, 4) is 5.75 Å². The Balaban J connectivity index is 2.73. The second kappa shape index (κ2) is 4.61. The number of hydrogen-bond acceptors (Lipinski definition) is 5. The molecule has 6 heteroatoms. The van der Waals surface area contributed by atoms with Crippen molar-refractivity contribution in [1.82, 2.24) is 0 Å². The van der Waals surface area contributed by atoms with E-state index in [1.54, 1.807) is 6.26 Å². The Morgan fingerprint density at radius 3 is 2.43 bits per heavy atom. The molecule has 0 heterocycles. The van der Waals surface area contributed by atoms with E-state index < -0.39 is 10.2 Å². The molecular weight excluding hydrogens is 206 g/mol. The zero-order chi connectivity index (χ0) is 10.6. The third kappa shape index (κ3) is 2.74. The van der Waals surface area contributed by atoms with Crippen molar-refractivity contribution in [1.29, 1.82) is 0 Å². The average Bonchev–Trinajstić information content (AvgIpc) is 2.18. The zero-order valence-corrected chi connectivity index (χ0v) is 8.11. The van der Waals surface area contributed by atoms with Gasteiger partial charge < -0.3 is 4.74 Å². The summed E-state index contributed by atoms with van der Waals surface area (Å²) in [4.78, 5) is 20.6. The molecule has 0 saturated heterocycles. The summed E-state index contributed by atoms with van der Waals surface area (Å²) in [5.74, 6) is 0.301. The molecular formula is C8H7NO4S. The van der Waals surface area contributed by atoms with Gasteiger partial charge in [0.1, 0.15) is 5.75 Å². The van der Waals surface area contributed by atoms with Gasteiger partial charge in [0.25, 0.3) is 5.69 Å². The quantitative estimate of drug-likeness (QED) is 0.428. The molecule has 0 fully saturated rings. The first-order valence-electron chi connectivity index (χ1n) is 3.63. The van der Waals surface area contributed by atoms with Gasteiger partial charge in [-0.25, -0.2) is 4.79 Å². The molecule has 0 aromatic heterocycles. The van der Waals surface area contributed by atoms with Crippen LogP contribution in [0.5, 0.6) is 5.75 Å². The van der Waals surface area contributed by atoms with Crippen LogP contribution in [0, 0.1) is 10.1 Å². The lowest BCUT2D eigenvalue weighted by Crippen LogP contribution is -1.99. The lowest BCUT2D eigenvalue weighted by Gasteiger charge is -2.00. The average molecular weight is 213 g/mol. The molecule has 0 spiro atoms. The molecule has 0 saturated carbocycles. The van der Waals surface area contributed by atoms with Gasteiger partial charge in [0.2, 0.25) is 0 Å². The van der Waals surface area contributed by atoms with Crippen LogP contribution in [0.2, 0.25) is 0 Å². The van der Waals surface area contributed by atoms with Gasteiger partial charge in [0, 0.05) is 12.1 Å². The van der Waals surface area contributed by atoms with Crippen molar-refractivity contribution in [2.75, 3.05) is 6.26 Å². The number of non-ortho nitro benzene ring substituents is 1. The first-order valence-corrected chi connectivity index (χ1v) is 4.86. The maximum absolute atomic E-state index is 10.8. The number of rotatable bonds is 2. The van der Waals surface area contributed by atoms with Gasteiger partial charge >= 0.3 is 5.30 Å². The van der Waals surface area contributed by atoms with Crippen molar-refractivity contribution in [2.24, 2.45) is 0 Å². The summed E-state index contributed by atoms with van der Waals surface area (Å²) in [7, 11) is 0. The number of benzene rings is 1. The lowest BCUT2D eigenvalue weighted by molar-refractivity contribution is -0.384. The molecule has 0 radical (unpaired) electrons. The predicted molar refractivity (Wildman–Crippen MR) is 52.6 cm³/mol. The van der Waals surface area contributed by atoms with Gasteiger partial charge in [-0.15, -0.1) is 0 Å². The van der Waals surface area contributed by atoms with Gasteiger partial charge in [-0.05, 0) is 30.2 Å². The molecule has 74 valence electrons. The van der Waals surface area contributed by atoms with Crippen LogP contribution in [0.25, 0.3) is 0 Å². The molecule has 0 aliphatic rings. The molecule has 1 aromatic rings. The van der Waals surface area contributed by atoms with Gasteiger partial charge in [0.05, 0.1) is 4.92 Å². The fraction of sp³-hybridized carbons (Fsp3) is 0.125. The van der Waals surface area contributed by atoms with Crippen LogP contribution in [-0.2, 0) is 0 Å². The van der Waals surface area contributed by atoms with E-state index in [2.05, 4.69) is 0 Å². The SMILES string of the molecule is CSC(=O)Oc1ccc([N+](=O)[O-])cc1. The Morgan fingerprint density at radius 2 is 2.00 bits per heavy atom. The molecule has 0 aliphatic carbocycles. The summed E-state index contributed by atoms with van der Waals surface area (Å²) in [6.45, 7) is 0. The first-order chi connectivity index (χ1) is 6.63. The number of ether oxygens (including phenoxy) is 1. The minimum atomic E-state index is -0.514. The van der Waals surface area contributed by atoms with Gasteiger partial charge in [-0.1, -0.05) is 0 Å². The molecule has 0 aliphatic heterocycles. The lowest BCUT2D eigenvalue weighted by atomic mass is 10.3. The minimum absolute atomic E-state index is 0.0334. The molecule has 5 nitrogen and oxygen atoms in total. The normalized spacial score (nSPS) is 9.50. The maximum atomic E-state index is 10.8. The fourth-order valence-electron chi connectivity index (χ4n) is 0.774. The van der Waals surface area contributed by atoms with Gasteiger partial charge in [-0.3, -0.25) is 10.1 Å². The standard InChI is InChI=1S/C8H7NO4S/c1-14-8(10)13-7-4-2-6(3-5-7)9(11)12/h2-5H,1H3. The van der Waals surface area contributed by atoms with Crippen LogP contribution in [0.15, 0.2) is 24.3 Å². The van der Waals surface area contributed by atoms with Crippen molar-refractivity contribution in [2.45, 2.75) is 0 Å². The number of hydrogen-bond donors (Lipinski definition) is 0. The molecule has 0 N–H and O–H groups in total. The third-order valence-corrected chi connectivity index (χ3v) is 1.83. The summed E-state index contributed by atoms with van der Waals surface area (Å²) in [6.07, 6.45) is 1.59. The molecule has 14 heavy (non-hydrogen) atoms. The summed E-state index contributed by atoms with van der Waals surface area (Å²) in [5.41, 5.74) is -0.0334. The smallest absolute Gasteiger partial charge is 0.372 e.